The fraction of sp³-hybridized carbons (Fsp3) is 1.00. The summed E-state index contributed by atoms with van der Waals surface area (Å²) in [6, 6.07) is 0. The van der Waals surface area contributed by atoms with Gasteiger partial charge in [-0.3, -0.25) is 0 Å². The molecule has 0 fully saturated rings. The van der Waals surface area contributed by atoms with Crippen LogP contribution in [0.5, 0.6) is 0 Å². The van der Waals surface area contributed by atoms with Crippen molar-refractivity contribution in [1.82, 2.24) is 4.13 Å². The Morgan fingerprint density at radius 1 is 0.800 bits per heavy atom. The van der Waals surface area contributed by atoms with E-state index in [1.165, 1.54) is 0 Å². The molecular weight excluding hydrogens is 238 g/mol. The second-order valence-electron chi connectivity index (χ2n) is 4.36. The number of sulfonamides is 2. The minimum absolute atomic E-state index is 0.131. The summed E-state index contributed by atoms with van der Waals surface area (Å²) in [7, 11) is -7.69. The van der Waals surface area contributed by atoms with Gasteiger partial charge in [0.05, 0.1) is 11.5 Å². The van der Waals surface area contributed by atoms with Crippen LogP contribution < -0.4 is 4.13 Å². The second-order valence-corrected chi connectivity index (χ2v) is 7.95. The van der Waals surface area contributed by atoms with Gasteiger partial charge in [0.1, 0.15) is 0 Å². The highest BCUT2D eigenvalue weighted by Crippen LogP contribution is 2.05. The van der Waals surface area contributed by atoms with E-state index in [9.17, 15) is 16.8 Å². The predicted octanol–water partition coefficient (Wildman–Crippen LogP) is 0.562. The van der Waals surface area contributed by atoms with Gasteiger partial charge in [0.25, 0.3) is 0 Å². The molecule has 0 saturated heterocycles. The van der Waals surface area contributed by atoms with Gasteiger partial charge in [0, 0.05) is 4.13 Å². The third-order valence-corrected chi connectivity index (χ3v) is 5.31. The highest BCUT2D eigenvalue weighted by atomic mass is 32.3. The Kier molecular flexibility index (Phi) is 5.22. The molecule has 0 aromatic heterocycles. The minimum atomic E-state index is -3.85. The fourth-order valence-corrected chi connectivity index (χ4v) is 4.63. The third kappa shape index (κ3) is 7.75. The molecule has 0 atom stereocenters. The number of hydrogen-bond acceptors (Lipinski definition) is 4. The van der Waals surface area contributed by atoms with E-state index < -0.39 is 20.0 Å². The Morgan fingerprint density at radius 3 is 1.27 bits per heavy atom. The zero-order valence-electron chi connectivity index (χ0n) is 9.47. The summed E-state index contributed by atoms with van der Waals surface area (Å²) in [5.41, 5.74) is 0. The van der Waals surface area contributed by atoms with Crippen molar-refractivity contribution in [2.45, 2.75) is 27.7 Å². The van der Waals surface area contributed by atoms with Crippen molar-refractivity contribution >= 4 is 20.0 Å². The van der Waals surface area contributed by atoms with Crippen LogP contribution in [0.4, 0.5) is 0 Å². The molecule has 0 amide bonds. The highest BCUT2D eigenvalue weighted by molar-refractivity contribution is 8.04. The average Bonchev–Trinajstić information content (AvgIpc) is 1.73. The molecule has 5 nitrogen and oxygen atoms in total. The van der Waals surface area contributed by atoms with Gasteiger partial charge in [-0.25, -0.2) is 16.8 Å². The second kappa shape index (κ2) is 5.27. The topological polar surface area (TPSA) is 82.4 Å². The highest BCUT2D eigenvalue weighted by Gasteiger charge is 2.24. The normalized spacial score (nSPS) is 13.7. The van der Waals surface area contributed by atoms with Crippen molar-refractivity contribution in [1.29, 1.82) is 0 Å². The van der Waals surface area contributed by atoms with Crippen LogP contribution in [0.3, 0.4) is 0 Å². The van der Waals surface area contributed by atoms with Gasteiger partial charge in [-0.15, -0.1) is 0 Å². The Hall–Kier alpha value is -0.140. The van der Waals surface area contributed by atoms with Crippen LogP contribution in [0.2, 0.25) is 0 Å². The molecule has 0 N–H and O–H groups in total. The van der Waals surface area contributed by atoms with Crippen molar-refractivity contribution in [3.05, 3.63) is 0 Å². The average molecular weight is 256 g/mol. The van der Waals surface area contributed by atoms with Crippen LogP contribution in [0.15, 0.2) is 0 Å². The van der Waals surface area contributed by atoms with Gasteiger partial charge in [0.15, 0.2) is 0 Å². The van der Waals surface area contributed by atoms with Gasteiger partial charge in [-0.2, -0.15) is 0 Å². The lowest BCUT2D eigenvalue weighted by atomic mass is 10.3. The van der Waals surface area contributed by atoms with Crippen molar-refractivity contribution in [3.63, 3.8) is 0 Å². The molecule has 0 rings (SSSR count). The van der Waals surface area contributed by atoms with Crippen molar-refractivity contribution in [3.8, 4) is 0 Å². The van der Waals surface area contributed by atoms with E-state index >= 15 is 0 Å². The van der Waals surface area contributed by atoms with Gasteiger partial charge in [0.2, 0.25) is 20.0 Å². The lowest BCUT2D eigenvalue weighted by Crippen LogP contribution is -2.30. The SMILES string of the molecule is CC(C)CS(=O)(=O)[N]S(=O)(=O)CC(C)C. The molecule has 0 heterocycles. The zero-order valence-corrected chi connectivity index (χ0v) is 11.1. The summed E-state index contributed by atoms with van der Waals surface area (Å²) in [5.74, 6) is -0.727. The van der Waals surface area contributed by atoms with Crippen LogP contribution >= 0.6 is 0 Å². The van der Waals surface area contributed by atoms with Gasteiger partial charge >= 0.3 is 0 Å². The molecule has 0 bridgehead atoms. The minimum Gasteiger partial charge on any atom is -0.210 e. The van der Waals surface area contributed by atoms with E-state index in [0.29, 0.717) is 0 Å². The maximum absolute atomic E-state index is 11.3. The standard InChI is InChI=1S/C8H18NO4S2/c1-7(2)5-14(10,11)9-15(12,13)6-8(3)4/h7-8H,5-6H2,1-4H3. The number of hydrogen-bond donors (Lipinski definition) is 0. The van der Waals surface area contributed by atoms with Gasteiger partial charge in [-0.1, -0.05) is 27.7 Å². The molecule has 1 radical (unpaired) electrons. The van der Waals surface area contributed by atoms with Gasteiger partial charge < -0.3 is 0 Å². The van der Waals surface area contributed by atoms with Crippen LogP contribution in [0.25, 0.3) is 0 Å². The number of rotatable bonds is 6. The summed E-state index contributed by atoms with van der Waals surface area (Å²) in [6.45, 7) is 6.79. The Bertz CT molecular complexity index is 343. The quantitative estimate of drug-likeness (QED) is 0.695. The lowest BCUT2D eigenvalue weighted by molar-refractivity contribution is 0.562. The first-order valence-corrected chi connectivity index (χ1v) is 7.95. The van der Waals surface area contributed by atoms with Crippen molar-refractivity contribution in [2.24, 2.45) is 11.8 Å². The first kappa shape index (κ1) is 14.9. The molecule has 0 unspecified atom stereocenters. The maximum atomic E-state index is 11.3. The van der Waals surface area contributed by atoms with Gasteiger partial charge in [-0.05, 0) is 11.8 Å². The molecule has 0 aromatic carbocycles. The molecule has 91 valence electrons. The summed E-state index contributed by atoms with van der Waals surface area (Å²) in [6.07, 6.45) is 0. The summed E-state index contributed by atoms with van der Waals surface area (Å²) in [5, 5.41) is 0. The van der Waals surface area contributed by atoms with Crippen LogP contribution in [-0.2, 0) is 20.0 Å². The first-order valence-electron chi connectivity index (χ1n) is 4.74. The van der Waals surface area contributed by atoms with E-state index in [1.807, 2.05) is 0 Å². The maximum Gasteiger partial charge on any atom is 0.242 e. The molecule has 7 heteroatoms. The Morgan fingerprint density at radius 2 is 1.07 bits per heavy atom. The van der Waals surface area contributed by atoms with E-state index in [2.05, 4.69) is 4.13 Å². The smallest absolute Gasteiger partial charge is 0.210 e. The van der Waals surface area contributed by atoms with E-state index in [0.717, 1.165) is 0 Å². The summed E-state index contributed by atoms with van der Waals surface area (Å²) < 4.78 is 48.1. The zero-order chi connectivity index (χ0) is 12.3. The predicted molar refractivity (Wildman–Crippen MR) is 59.4 cm³/mol. The fourth-order valence-electron chi connectivity index (χ4n) is 1.08. The molecule has 0 aliphatic rings. The molecule has 0 saturated carbocycles. The molecule has 0 aliphatic heterocycles. The molecule has 15 heavy (non-hydrogen) atoms. The van der Waals surface area contributed by atoms with Crippen molar-refractivity contribution in [2.75, 3.05) is 11.5 Å². The molecule has 0 aromatic rings. The molecular formula is C8H18NO4S2. The first-order chi connectivity index (χ1) is 6.54. The number of nitrogens with zero attached hydrogens (tertiary/aromatic N) is 1. The molecule has 0 aliphatic carbocycles. The molecule has 0 spiro atoms. The van der Waals surface area contributed by atoms with E-state index in [-0.39, 0.29) is 23.3 Å². The Balaban J connectivity index is 4.60. The van der Waals surface area contributed by atoms with Crippen LogP contribution in [0.1, 0.15) is 27.7 Å². The monoisotopic (exact) mass is 256 g/mol. The van der Waals surface area contributed by atoms with E-state index in [1.54, 1.807) is 27.7 Å². The summed E-state index contributed by atoms with van der Waals surface area (Å²) in [4.78, 5) is 0. The third-order valence-electron chi connectivity index (χ3n) is 1.32. The lowest BCUT2D eigenvalue weighted by Gasteiger charge is -2.08. The van der Waals surface area contributed by atoms with Crippen LogP contribution in [-0.4, -0.2) is 28.3 Å². The van der Waals surface area contributed by atoms with Crippen LogP contribution in [0, 0.1) is 11.8 Å². The van der Waals surface area contributed by atoms with Crippen molar-refractivity contribution < 1.29 is 16.8 Å². The Labute approximate surface area is 92.4 Å². The largest absolute Gasteiger partial charge is 0.242 e. The summed E-state index contributed by atoms with van der Waals surface area (Å²) >= 11 is 0. The van der Waals surface area contributed by atoms with E-state index in [4.69, 9.17) is 0 Å².